The smallest absolute Gasteiger partial charge is 0.229 e. The summed E-state index contributed by atoms with van der Waals surface area (Å²) in [6.45, 7) is 6.02. The summed E-state index contributed by atoms with van der Waals surface area (Å²) in [7, 11) is 0.840. The van der Waals surface area contributed by atoms with Gasteiger partial charge in [0, 0.05) is 84.4 Å². The first-order valence-electron chi connectivity index (χ1n) is 16.2. The summed E-state index contributed by atoms with van der Waals surface area (Å²) in [5.41, 5.74) is 6.31. The van der Waals surface area contributed by atoms with Gasteiger partial charge in [0.15, 0.2) is 0 Å². The lowest BCUT2D eigenvalue weighted by molar-refractivity contribution is 0.0699. The van der Waals surface area contributed by atoms with Crippen molar-refractivity contribution in [3.63, 3.8) is 0 Å². The Morgan fingerprint density at radius 2 is 1.81 bits per heavy atom. The molecule has 48 heavy (non-hydrogen) atoms. The van der Waals surface area contributed by atoms with Crippen LogP contribution in [0.15, 0.2) is 59.5 Å². The van der Waals surface area contributed by atoms with Crippen molar-refractivity contribution in [3.8, 4) is 16.9 Å². The molecule has 13 heteroatoms. The van der Waals surface area contributed by atoms with E-state index in [1.54, 1.807) is 31.3 Å². The van der Waals surface area contributed by atoms with E-state index in [9.17, 15) is 4.57 Å². The fourth-order valence-electron chi connectivity index (χ4n) is 6.25. The van der Waals surface area contributed by atoms with Crippen molar-refractivity contribution in [3.05, 3.63) is 65.2 Å². The van der Waals surface area contributed by atoms with Crippen molar-refractivity contribution in [2.45, 2.75) is 31.6 Å². The highest BCUT2D eigenvalue weighted by Gasteiger charge is 2.27. The van der Waals surface area contributed by atoms with Crippen LogP contribution in [0.2, 0.25) is 0 Å². The van der Waals surface area contributed by atoms with Gasteiger partial charge in [0.2, 0.25) is 5.95 Å². The highest BCUT2D eigenvalue weighted by atomic mass is 79.9. The second-order valence-electron chi connectivity index (χ2n) is 13.0. The lowest BCUT2D eigenvalue weighted by Gasteiger charge is -2.24. The molecule has 2 aliphatic rings. The number of hydrogen-bond acceptors (Lipinski definition) is 10. The first kappa shape index (κ1) is 32.6. The number of hydrogen-bond donors (Lipinski definition) is 3. The van der Waals surface area contributed by atoms with Crippen LogP contribution in [-0.4, -0.2) is 64.9 Å². The monoisotopic (exact) mass is 730 g/mol. The van der Waals surface area contributed by atoms with Crippen LogP contribution in [0.25, 0.3) is 22.0 Å². The van der Waals surface area contributed by atoms with E-state index in [4.69, 9.17) is 19.4 Å². The maximum Gasteiger partial charge on any atom is 0.229 e. The highest BCUT2D eigenvalue weighted by molar-refractivity contribution is 9.10. The third-order valence-electron chi connectivity index (χ3n) is 8.92. The number of aromatic nitrogens is 5. The Hall–Kier alpha value is -3.99. The number of anilines is 5. The number of ether oxygens (including phenoxy) is 2. The summed E-state index contributed by atoms with van der Waals surface area (Å²) >= 11 is 3.62. The predicted octanol–water partition coefficient (Wildman–Crippen LogP) is 7.65. The zero-order valence-corrected chi connectivity index (χ0v) is 30.1. The number of nitrogens with zero attached hydrogens (tertiary/aromatic N) is 5. The molecular weight excluding hydrogens is 691 g/mol. The molecule has 0 spiro atoms. The third kappa shape index (κ3) is 7.06. The minimum absolute atomic E-state index is 0.369. The molecule has 2 aromatic carbocycles. The summed E-state index contributed by atoms with van der Waals surface area (Å²) in [5.74, 6) is 2.63. The Kier molecular flexibility index (Phi) is 9.15. The molecule has 3 N–H and O–H groups in total. The number of halogens is 1. The van der Waals surface area contributed by atoms with Crippen LogP contribution in [-0.2, 0) is 16.3 Å². The van der Waals surface area contributed by atoms with Crippen molar-refractivity contribution in [1.82, 2.24) is 24.7 Å². The number of aryl methyl sites for hydroxylation is 1. The molecular formula is C35H40BrN8O3P. The van der Waals surface area contributed by atoms with Crippen molar-refractivity contribution in [2.75, 3.05) is 56.1 Å². The Morgan fingerprint density at radius 3 is 2.52 bits per heavy atom. The Bertz CT molecular complexity index is 2020. The fraction of sp³-hybridized carbons (Fsp3) is 0.371. The van der Waals surface area contributed by atoms with Crippen LogP contribution < -0.4 is 26.0 Å². The minimum Gasteiger partial charge on any atom is -0.494 e. The topological polar surface area (TPSA) is 128 Å². The van der Waals surface area contributed by atoms with E-state index in [0.717, 1.165) is 77.0 Å². The van der Waals surface area contributed by atoms with Crippen molar-refractivity contribution < 1.29 is 14.0 Å². The SMILES string of the molecule is COc1cc(NCC2CCOCC2)c(-c2cnn(C)c2)cc1Nc1ncc(Br)c(Nc2ccc3nc(C4CC4)ccc3c2P(C)(C)=O)n1. The fourth-order valence-corrected chi connectivity index (χ4v) is 8.02. The van der Waals surface area contributed by atoms with E-state index in [1.807, 2.05) is 43.7 Å². The summed E-state index contributed by atoms with van der Waals surface area (Å²) in [5, 5.41) is 16.5. The average molecular weight is 732 g/mol. The summed E-state index contributed by atoms with van der Waals surface area (Å²) in [6.07, 6.45) is 9.97. The zero-order chi connectivity index (χ0) is 33.4. The van der Waals surface area contributed by atoms with Crippen LogP contribution in [0.5, 0.6) is 5.75 Å². The van der Waals surface area contributed by atoms with E-state index in [-0.39, 0.29) is 0 Å². The maximum atomic E-state index is 13.7. The van der Waals surface area contributed by atoms with Gasteiger partial charge in [-0.1, -0.05) is 6.07 Å². The normalized spacial score (nSPS) is 15.4. The van der Waals surface area contributed by atoms with Gasteiger partial charge in [-0.05, 0) is 85.1 Å². The second-order valence-corrected chi connectivity index (χ2v) is 17.0. The molecule has 7 rings (SSSR count). The number of benzene rings is 2. The summed E-state index contributed by atoms with van der Waals surface area (Å²) in [4.78, 5) is 14.3. The van der Waals surface area contributed by atoms with E-state index < -0.39 is 7.14 Å². The summed E-state index contributed by atoms with van der Waals surface area (Å²) in [6, 6.07) is 12.1. The van der Waals surface area contributed by atoms with E-state index >= 15 is 0 Å². The number of fused-ring (bicyclic) bond motifs is 1. The minimum atomic E-state index is -2.72. The highest BCUT2D eigenvalue weighted by Crippen LogP contribution is 2.44. The first-order chi connectivity index (χ1) is 23.2. The molecule has 5 aromatic rings. The van der Waals surface area contributed by atoms with Gasteiger partial charge in [0.05, 0.1) is 34.7 Å². The van der Waals surface area contributed by atoms with Gasteiger partial charge in [-0.3, -0.25) is 9.67 Å². The lowest BCUT2D eigenvalue weighted by atomic mass is 9.99. The molecule has 0 bridgehead atoms. The molecule has 1 saturated heterocycles. The number of pyridine rings is 1. The van der Waals surface area contributed by atoms with Gasteiger partial charge in [-0.25, -0.2) is 4.98 Å². The van der Waals surface area contributed by atoms with Crippen molar-refractivity contribution in [1.29, 1.82) is 0 Å². The van der Waals surface area contributed by atoms with Crippen LogP contribution in [0, 0.1) is 5.92 Å². The molecule has 4 heterocycles. The van der Waals surface area contributed by atoms with Gasteiger partial charge in [0.25, 0.3) is 0 Å². The Morgan fingerprint density at radius 1 is 1.00 bits per heavy atom. The van der Waals surface area contributed by atoms with Crippen LogP contribution >= 0.6 is 23.1 Å². The largest absolute Gasteiger partial charge is 0.494 e. The molecule has 1 aliphatic carbocycles. The molecule has 0 amide bonds. The predicted molar refractivity (Wildman–Crippen MR) is 196 cm³/mol. The number of methoxy groups -OCH3 is 1. The summed E-state index contributed by atoms with van der Waals surface area (Å²) < 4.78 is 27.6. The average Bonchev–Trinajstić information content (AvgIpc) is 3.84. The van der Waals surface area contributed by atoms with Gasteiger partial charge in [-0.15, -0.1) is 0 Å². The third-order valence-corrected chi connectivity index (χ3v) is 11.1. The van der Waals surface area contributed by atoms with Gasteiger partial charge in [0.1, 0.15) is 18.7 Å². The Balaban J connectivity index is 1.20. The zero-order valence-electron chi connectivity index (χ0n) is 27.6. The standard InChI is InChI=1S/C35H40BrN8O3P/c1-44-20-23(18-39-44)25-15-31(32(46-2)16-30(25)37-17-21-11-13-47-14-12-21)42-35-38-19-26(36)34(43-35)41-29-10-9-28-24(33(29)48(3,4)45)7-8-27(40-28)22-5-6-22/h7-10,15-16,18-22,37H,5-6,11-14,17H2,1-4H3,(H2,38,41,42,43). The van der Waals surface area contributed by atoms with Crippen molar-refractivity contribution in [2.24, 2.45) is 13.0 Å². The van der Waals surface area contributed by atoms with Crippen LogP contribution in [0.1, 0.15) is 37.3 Å². The van der Waals surface area contributed by atoms with E-state index in [1.165, 1.54) is 12.8 Å². The second kappa shape index (κ2) is 13.5. The lowest BCUT2D eigenvalue weighted by Crippen LogP contribution is -2.22. The number of nitrogens with one attached hydrogen (secondary N) is 3. The van der Waals surface area contributed by atoms with Gasteiger partial charge in [-0.2, -0.15) is 10.1 Å². The molecule has 3 aromatic heterocycles. The molecule has 0 unspecified atom stereocenters. The van der Waals surface area contributed by atoms with Gasteiger partial charge < -0.3 is 30.0 Å². The van der Waals surface area contributed by atoms with Crippen LogP contribution in [0.4, 0.5) is 28.8 Å². The number of rotatable bonds is 11. The maximum absolute atomic E-state index is 13.7. The van der Waals surface area contributed by atoms with E-state index in [0.29, 0.717) is 39.5 Å². The molecule has 0 radical (unpaired) electrons. The molecule has 11 nitrogen and oxygen atoms in total. The molecule has 1 saturated carbocycles. The molecule has 250 valence electrons. The van der Waals surface area contributed by atoms with E-state index in [2.05, 4.69) is 54.1 Å². The molecule has 2 fully saturated rings. The van der Waals surface area contributed by atoms with Crippen LogP contribution in [0.3, 0.4) is 0 Å². The molecule has 0 atom stereocenters. The molecule has 1 aliphatic heterocycles. The Labute approximate surface area is 288 Å². The quantitative estimate of drug-likeness (QED) is 0.117. The van der Waals surface area contributed by atoms with Gasteiger partial charge >= 0.3 is 0 Å². The first-order valence-corrected chi connectivity index (χ1v) is 19.6. The van der Waals surface area contributed by atoms with Crippen molar-refractivity contribution >= 4 is 68.1 Å².